The summed E-state index contributed by atoms with van der Waals surface area (Å²) in [4.78, 5) is 20.2. The van der Waals surface area contributed by atoms with E-state index in [1.54, 1.807) is 0 Å². The van der Waals surface area contributed by atoms with Crippen LogP contribution in [0.4, 0.5) is 8.78 Å². The Morgan fingerprint density at radius 3 is 2.43 bits per heavy atom. The Bertz CT molecular complexity index is 265. The minimum absolute atomic E-state index is 0.522. The maximum atomic E-state index is 13.1. The van der Waals surface area contributed by atoms with Crippen LogP contribution in [0.5, 0.6) is 0 Å². The van der Waals surface area contributed by atoms with Crippen molar-refractivity contribution in [2.75, 3.05) is 20.2 Å². The highest BCUT2D eigenvalue weighted by molar-refractivity contribution is 5.77. The topological polar surface area (TPSA) is 79.2 Å². The van der Waals surface area contributed by atoms with Gasteiger partial charge in [-0.15, -0.1) is 4.91 Å². The van der Waals surface area contributed by atoms with Crippen molar-refractivity contribution in [1.82, 2.24) is 5.01 Å². The summed E-state index contributed by atoms with van der Waals surface area (Å²) in [7, 11) is 0.971. The van der Waals surface area contributed by atoms with E-state index in [4.69, 9.17) is 5.11 Å². The summed E-state index contributed by atoms with van der Waals surface area (Å²) in [5.74, 6) is -6.30. The van der Waals surface area contributed by atoms with Crippen molar-refractivity contribution >= 4 is 5.97 Å². The molecule has 6 nitrogen and oxygen atoms in total. The molecule has 0 aromatic rings. The molecule has 0 aliphatic carbocycles. The van der Waals surface area contributed by atoms with E-state index in [9.17, 15) is 18.5 Å². The van der Waals surface area contributed by atoms with Crippen molar-refractivity contribution < 1.29 is 23.4 Å². The lowest BCUT2D eigenvalue weighted by molar-refractivity contribution is -0.255. The number of hydrogen-bond donors (Lipinski definition) is 1. The molecule has 0 aromatic heterocycles. The van der Waals surface area contributed by atoms with Crippen LogP contribution in [-0.2, 0) is 9.53 Å². The molecule has 1 heterocycles. The van der Waals surface area contributed by atoms with Crippen LogP contribution in [0.15, 0.2) is 5.29 Å². The number of alkyl halides is 2. The molecule has 1 saturated heterocycles. The van der Waals surface area contributed by atoms with Gasteiger partial charge in [-0.2, -0.15) is 8.78 Å². The molecular weight excluding hydrogens is 202 g/mol. The van der Waals surface area contributed by atoms with Crippen molar-refractivity contribution in [3.63, 3.8) is 0 Å². The van der Waals surface area contributed by atoms with E-state index in [0.717, 1.165) is 12.1 Å². The number of halogens is 2. The van der Waals surface area contributed by atoms with Gasteiger partial charge in [-0.25, -0.2) is 4.79 Å². The van der Waals surface area contributed by atoms with E-state index >= 15 is 0 Å². The fourth-order valence-electron chi connectivity index (χ4n) is 1.25. The second-order valence-electron chi connectivity index (χ2n) is 2.98. The van der Waals surface area contributed by atoms with Gasteiger partial charge < -0.3 is 9.84 Å². The Morgan fingerprint density at radius 1 is 1.64 bits per heavy atom. The first-order valence-corrected chi connectivity index (χ1v) is 3.64. The molecule has 0 bridgehead atoms. The molecule has 1 N–H and O–H groups in total. The van der Waals surface area contributed by atoms with Gasteiger partial charge in [0.15, 0.2) is 5.60 Å². The number of methoxy groups -OCH3 is 1. The zero-order valence-corrected chi connectivity index (χ0v) is 7.24. The van der Waals surface area contributed by atoms with E-state index in [2.05, 4.69) is 10.0 Å². The summed E-state index contributed by atoms with van der Waals surface area (Å²) in [6, 6.07) is 0. The number of ether oxygens (including phenoxy) is 1. The van der Waals surface area contributed by atoms with Crippen molar-refractivity contribution in [3.05, 3.63) is 4.91 Å². The number of carboxylic acids is 1. The lowest BCUT2D eigenvalue weighted by Crippen LogP contribution is -2.71. The van der Waals surface area contributed by atoms with Gasteiger partial charge >= 0.3 is 11.9 Å². The van der Waals surface area contributed by atoms with Gasteiger partial charge in [-0.1, -0.05) is 0 Å². The van der Waals surface area contributed by atoms with Crippen LogP contribution in [0.3, 0.4) is 0 Å². The lowest BCUT2D eigenvalue weighted by Gasteiger charge is -2.47. The number of carboxylic acid groups (broad SMARTS) is 1. The SMILES string of the molecule is COC1(C(F)(F)C(=O)O)CN(N=O)C1. The summed E-state index contributed by atoms with van der Waals surface area (Å²) in [5, 5.41) is 11.4. The highest BCUT2D eigenvalue weighted by Crippen LogP contribution is 2.39. The number of carbonyl (C=O) groups is 1. The standard InChI is InChI=1S/C6H8F2N2O4/c1-14-5(2-10(3-5)9-13)6(7,8)4(11)12/h2-3H2,1H3,(H,11,12). The van der Waals surface area contributed by atoms with Crippen LogP contribution >= 0.6 is 0 Å². The second-order valence-corrected chi connectivity index (χ2v) is 2.98. The van der Waals surface area contributed by atoms with Gasteiger partial charge in [0.2, 0.25) is 0 Å². The van der Waals surface area contributed by atoms with Gasteiger partial charge in [-0.3, -0.25) is 5.01 Å². The largest absolute Gasteiger partial charge is 0.477 e. The zero-order chi connectivity index (χ0) is 11.0. The van der Waals surface area contributed by atoms with Gasteiger partial charge in [-0.05, 0) is 0 Å². The van der Waals surface area contributed by atoms with Gasteiger partial charge in [0.1, 0.15) is 0 Å². The van der Waals surface area contributed by atoms with E-state index in [-0.39, 0.29) is 0 Å². The lowest BCUT2D eigenvalue weighted by atomic mass is 9.88. The summed E-state index contributed by atoms with van der Waals surface area (Å²) in [6.07, 6.45) is 0. The predicted octanol–water partition coefficient (Wildman–Crippen LogP) is 0.0885. The minimum atomic E-state index is -4.02. The molecule has 0 amide bonds. The molecule has 0 spiro atoms. The first-order chi connectivity index (χ1) is 6.39. The molecule has 1 aliphatic rings. The van der Waals surface area contributed by atoms with Crippen LogP contribution in [0, 0.1) is 4.91 Å². The Morgan fingerprint density at radius 2 is 2.14 bits per heavy atom. The van der Waals surface area contributed by atoms with Gasteiger partial charge in [0.05, 0.1) is 18.4 Å². The molecule has 0 unspecified atom stereocenters. The normalized spacial score (nSPS) is 20.1. The molecule has 1 fully saturated rings. The number of rotatable bonds is 4. The molecule has 80 valence electrons. The first kappa shape index (κ1) is 10.8. The first-order valence-electron chi connectivity index (χ1n) is 3.64. The average Bonchev–Trinajstić information content (AvgIpc) is 2.03. The van der Waals surface area contributed by atoms with E-state index in [1.165, 1.54) is 0 Å². The molecule has 0 aromatic carbocycles. The third-order valence-electron chi connectivity index (χ3n) is 2.22. The Hall–Kier alpha value is -1.31. The molecule has 14 heavy (non-hydrogen) atoms. The maximum absolute atomic E-state index is 13.1. The van der Waals surface area contributed by atoms with Crippen molar-refractivity contribution in [3.8, 4) is 0 Å². The maximum Gasteiger partial charge on any atom is 0.377 e. The fraction of sp³-hybridized carbons (Fsp3) is 0.833. The highest BCUT2D eigenvalue weighted by atomic mass is 19.3. The summed E-state index contributed by atoms with van der Waals surface area (Å²) in [5.41, 5.74) is -2.15. The molecular formula is C6H8F2N2O4. The second kappa shape index (κ2) is 3.12. The zero-order valence-electron chi connectivity index (χ0n) is 7.24. The molecule has 0 atom stereocenters. The number of nitrogens with zero attached hydrogens (tertiary/aromatic N) is 2. The van der Waals surface area contributed by atoms with Crippen LogP contribution in [-0.4, -0.2) is 47.8 Å². The Balaban J connectivity index is 2.83. The Labute approximate surface area is 77.4 Å². The monoisotopic (exact) mass is 210 g/mol. The average molecular weight is 210 g/mol. The fourth-order valence-corrected chi connectivity index (χ4v) is 1.25. The smallest absolute Gasteiger partial charge is 0.377 e. The Kier molecular flexibility index (Phi) is 2.40. The molecule has 1 aliphatic heterocycles. The summed E-state index contributed by atoms with van der Waals surface area (Å²) >= 11 is 0. The van der Waals surface area contributed by atoms with E-state index in [0.29, 0.717) is 0 Å². The highest BCUT2D eigenvalue weighted by Gasteiger charge is 2.66. The molecule has 0 saturated carbocycles. The van der Waals surface area contributed by atoms with Crippen molar-refractivity contribution in [2.24, 2.45) is 5.29 Å². The van der Waals surface area contributed by atoms with Crippen LogP contribution < -0.4 is 0 Å². The van der Waals surface area contributed by atoms with Gasteiger partial charge in [0.25, 0.3) is 0 Å². The minimum Gasteiger partial charge on any atom is -0.477 e. The number of nitroso groups, excluding NO2 is 1. The van der Waals surface area contributed by atoms with Gasteiger partial charge in [0, 0.05) is 7.11 Å². The molecule has 8 heteroatoms. The van der Waals surface area contributed by atoms with E-state index in [1.807, 2.05) is 0 Å². The van der Waals surface area contributed by atoms with Crippen LogP contribution in [0.25, 0.3) is 0 Å². The molecule has 0 radical (unpaired) electrons. The number of aliphatic carboxylic acids is 1. The predicted molar refractivity (Wildman–Crippen MR) is 39.7 cm³/mol. The quantitative estimate of drug-likeness (QED) is 0.665. The van der Waals surface area contributed by atoms with Crippen molar-refractivity contribution in [2.45, 2.75) is 11.5 Å². The van der Waals surface area contributed by atoms with Crippen molar-refractivity contribution in [1.29, 1.82) is 0 Å². The van der Waals surface area contributed by atoms with Crippen LogP contribution in [0.1, 0.15) is 0 Å². The third-order valence-corrected chi connectivity index (χ3v) is 2.22. The number of hydrogen-bond acceptors (Lipinski definition) is 4. The van der Waals surface area contributed by atoms with Crippen LogP contribution in [0.2, 0.25) is 0 Å². The van der Waals surface area contributed by atoms with E-state index < -0.39 is 30.6 Å². The molecule has 1 rings (SSSR count). The third kappa shape index (κ3) is 1.22. The summed E-state index contributed by atoms with van der Waals surface area (Å²) in [6.45, 7) is -1.04. The summed E-state index contributed by atoms with van der Waals surface area (Å²) < 4.78 is 30.6.